The Morgan fingerprint density at radius 3 is 2.53 bits per heavy atom. The van der Waals surface area contributed by atoms with Gasteiger partial charge >= 0.3 is 5.69 Å². The zero-order valence-electron chi connectivity index (χ0n) is 11.7. The molecule has 0 aliphatic heterocycles. The lowest BCUT2D eigenvalue weighted by Gasteiger charge is -2.25. The second-order valence-electron chi connectivity index (χ2n) is 6.04. The Morgan fingerprint density at radius 1 is 1.41 bits per heavy atom. The average molecular weight is 236 g/mol. The molecule has 0 radical (unpaired) electrons. The van der Waals surface area contributed by atoms with Crippen LogP contribution in [0.3, 0.4) is 0 Å². The summed E-state index contributed by atoms with van der Waals surface area (Å²) in [7, 11) is 0. The summed E-state index contributed by atoms with van der Waals surface area (Å²) in [6.07, 6.45) is 4.08. The van der Waals surface area contributed by atoms with Gasteiger partial charge in [-0.25, -0.2) is 4.79 Å². The van der Waals surface area contributed by atoms with E-state index in [-0.39, 0.29) is 5.69 Å². The average Bonchev–Trinajstić information content (AvgIpc) is 2.19. The van der Waals surface area contributed by atoms with E-state index in [4.69, 9.17) is 0 Å². The molecule has 3 nitrogen and oxygen atoms in total. The van der Waals surface area contributed by atoms with Gasteiger partial charge in [-0.3, -0.25) is 4.57 Å². The normalized spacial score (nSPS) is 13.7. The van der Waals surface area contributed by atoms with E-state index in [2.05, 4.69) is 32.7 Å². The minimum Gasteiger partial charge on any atom is -0.299 e. The van der Waals surface area contributed by atoms with Gasteiger partial charge in [0.15, 0.2) is 0 Å². The Morgan fingerprint density at radius 2 is 2.06 bits per heavy atom. The Labute approximate surface area is 104 Å². The van der Waals surface area contributed by atoms with Gasteiger partial charge in [0.2, 0.25) is 0 Å². The number of hydrogen-bond acceptors (Lipinski definition) is 2. The fourth-order valence-corrected chi connectivity index (χ4v) is 2.14. The van der Waals surface area contributed by atoms with Gasteiger partial charge < -0.3 is 0 Å². The van der Waals surface area contributed by atoms with Crippen LogP contribution in [0.25, 0.3) is 0 Å². The minimum atomic E-state index is -0.127. The van der Waals surface area contributed by atoms with Crippen LogP contribution in [0.1, 0.15) is 46.2 Å². The zero-order chi connectivity index (χ0) is 13.1. The third-order valence-electron chi connectivity index (χ3n) is 2.95. The molecule has 17 heavy (non-hydrogen) atoms. The number of nitrogens with zero attached hydrogens (tertiary/aromatic N) is 2. The fourth-order valence-electron chi connectivity index (χ4n) is 2.14. The highest BCUT2D eigenvalue weighted by Gasteiger charge is 2.18. The molecule has 1 atom stereocenters. The van der Waals surface area contributed by atoms with Gasteiger partial charge in [0, 0.05) is 18.4 Å². The molecular weight excluding hydrogens is 212 g/mol. The van der Waals surface area contributed by atoms with Crippen molar-refractivity contribution in [3.8, 4) is 0 Å². The van der Waals surface area contributed by atoms with Crippen LogP contribution in [0.15, 0.2) is 17.1 Å². The van der Waals surface area contributed by atoms with Gasteiger partial charge in [0.25, 0.3) is 0 Å². The van der Waals surface area contributed by atoms with Crippen LogP contribution < -0.4 is 5.69 Å². The van der Waals surface area contributed by atoms with E-state index < -0.39 is 0 Å². The summed E-state index contributed by atoms with van der Waals surface area (Å²) in [4.78, 5) is 15.7. The zero-order valence-corrected chi connectivity index (χ0v) is 11.7. The van der Waals surface area contributed by atoms with Crippen LogP contribution in [-0.4, -0.2) is 9.55 Å². The van der Waals surface area contributed by atoms with Gasteiger partial charge in [0.1, 0.15) is 0 Å². The van der Waals surface area contributed by atoms with E-state index in [0.29, 0.717) is 11.3 Å². The largest absolute Gasteiger partial charge is 0.347 e. The summed E-state index contributed by atoms with van der Waals surface area (Å²) >= 11 is 0. The number of aromatic nitrogens is 2. The van der Waals surface area contributed by atoms with E-state index in [9.17, 15) is 4.79 Å². The predicted molar refractivity (Wildman–Crippen MR) is 71.1 cm³/mol. The Bertz CT molecular complexity index is 415. The smallest absolute Gasteiger partial charge is 0.299 e. The molecule has 0 saturated carbocycles. The second-order valence-corrected chi connectivity index (χ2v) is 6.04. The van der Waals surface area contributed by atoms with Crippen molar-refractivity contribution in [1.29, 1.82) is 0 Å². The van der Waals surface area contributed by atoms with Crippen LogP contribution in [0.5, 0.6) is 0 Å². The van der Waals surface area contributed by atoms with E-state index >= 15 is 0 Å². The van der Waals surface area contributed by atoms with E-state index in [1.54, 1.807) is 4.57 Å². The molecule has 3 heteroatoms. The predicted octanol–water partition coefficient (Wildman–Crippen LogP) is 3.01. The number of hydrogen-bond donors (Lipinski definition) is 0. The Kier molecular flexibility index (Phi) is 4.49. The van der Waals surface area contributed by atoms with Crippen molar-refractivity contribution < 1.29 is 0 Å². The molecule has 0 aliphatic rings. The topological polar surface area (TPSA) is 34.9 Å². The molecular formula is C14H24N2O. The Balaban J connectivity index is 2.78. The van der Waals surface area contributed by atoms with Crippen molar-refractivity contribution in [2.45, 2.75) is 54.0 Å². The van der Waals surface area contributed by atoms with E-state index in [1.807, 2.05) is 19.2 Å². The molecule has 0 unspecified atom stereocenters. The lowest BCUT2D eigenvalue weighted by Crippen LogP contribution is -2.27. The first-order valence-corrected chi connectivity index (χ1v) is 6.36. The molecule has 0 aromatic carbocycles. The molecule has 1 aromatic heterocycles. The van der Waals surface area contributed by atoms with Crippen LogP contribution in [0.4, 0.5) is 0 Å². The molecule has 0 spiro atoms. The third-order valence-corrected chi connectivity index (χ3v) is 2.95. The van der Waals surface area contributed by atoms with Crippen molar-refractivity contribution in [1.82, 2.24) is 9.55 Å². The highest BCUT2D eigenvalue weighted by atomic mass is 16.1. The molecule has 0 fully saturated rings. The first-order valence-electron chi connectivity index (χ1n) is 6.36. The summed E-state index contributed by atoms with van der Waals surface area (Å²) in [5, 5.41) is 0. The summed E-state index contributed by atoms with van der Waals surface area (Å²) < 4.78 is 1.73. The van der Waals surface area contributed by atoms with Crippen molar-refractivity contribution in [3.63, 3.8) is 0 Å². The maximum Gasteiger partial charge on any atom is 0.347 e. The standard InChI is InChI=1S/C14H24N2O/c1-6-12(9-14(3,4)5)10-16-8-7-11(2)15-13(16)17/h7-8,12H,6,9-10H2,1-5H3/t12-/m1/s1. The maximum atomic E-state index is 11.7. The highest BCUT2D eigenvalue weighted by Crippen LogP contribution is 2.26. The quantitative estimate of drug-likeness (QED) is 0.805. The molecule has 0 amide bonds. The molecule has 1 aromatic rings. The van der Waals surface area contributed by atoms with Gasteiger partial charge in [-0.1, -0.05) is 34.1 Å². The van der Waals surface area contributed by atoms with Crippen LogP contribution >= 0.6 is 0 Å². The van der Waals surface area contributed by atoms with Gasteiger partial charge in [0.05, 0.1) is 0 Å². The molecule has 0 bridgehead atoms. The molecule has 0 aliphatic carbocycles. The first kappa shape index (κ1) is 13.9. The summed E-state index contributed by atoms with van der Waals surface area (Å²) in [6.45, 7) is 11.5. The third kappa shape index (κ3) is 4.72. The lowest BCUT2D eigenvalue weighted by atomic mass is 9.83. The van der Waals surface area contributed by atoms with Crippen molar-refractivity contribution in [2.24, 2.45) is 11.3 Å². The maximum absolute atomic E-state index is 11.7. The second kappa shape index (κ2) is 5.48. The summed E-state index contributed by atoms with van der Waals surface area (Å²) in [5.74, 6) is 0.539. The number of rotatable bonds is 4. The van der Waals surface area contributed by atoms with Crippen LogP contribution in [0, 0.1) is 18.3 Å². The van der Waals surface area contributed by atoms with Crippen LogP contribution in [0.2, 0.25) is 0 Å². The molecule has 0 N–H and O–H groups in total. The van der Waals surface area contributed by atoms with Crippen molar-refractivity contribution in [3.05, 3.63) is 28.4 Å². The van der Waals surface area contributed by atoms with Gasteiger partial charge in [-0.15, -0.1) is 0 Å². The monoisotopic (exact) mass is 236 g/mol. The molecule has 1 heterocycles. The molecule has 96 valence electrons. The van der Waals surface area contributed by atoms with E-state index in [1.165, 1.54) is 0 Å². The van der Waals surface area contributed by atoms with E-state index in [0.717, 1.165) is 25.1 Å². The van der Waals surface area contributed by atoms with Gasteiger partial charge in [-0.05, 0) is 30.7 Å². The molecule has 0 saturated heterocycles. The summed E-state index contributed by atoms with van der Waals surface area (Å²) in [5.41, 5.74) is 0.968. The highest BCUT2D eigenvalue weighted by molar-refractivity contribution is 4.95. The summed E-state index contributed by atoms with van der Waals surface area (Å²) in [6, 6.07) is 1.89. The minimum absolute atomic E-state index is 0.127. The van der Waals surface area contributed by atoms with Crippen molar-refractivity contribution in [2.75, 3.05) is 0 Å². The van der Waals surface area contributed by atoms with Gasteiger partial charge in [-0.2, -0.15) is 4.98 Å². The first-order chi connectivity index (χ1) is 7.81. The molecule has 1 rings (SSSR count). The lowest BCUT2D eigenvalue weighted by molar-refractivity contribution is 0.262. The fraction of sp³-hybridized carbons (Fsp3) is 0.714. The SMILES string of the molecule is CC[C@@H](Cn1ccc(C)nc1=O)CC(C)(C)C. The number of aryl methyl sites for hydroxylation is 1. The Hall–Kier alpha value is -1.12. The van der Waals surface area contributed by atoms with Crippen LogP contribution in [-0.2, 0) is 6.54 Å². The van der Waals surface area contributed by atoms with Crippen molar-refractivity contribution >= 4 is 0 Å².